The van der Waals surface area contributed by atoms with Gasteiger partial charge in [-0.25, -0.2) is 0 Å². The Morgan fingerprint density at radius 3 is 3.07 bits per heavy atom. The van der Waals surface area contributed by atoms with Crippen LogP contribution in [0.4, 0.5) is 0 Å². The number of likely N-dealkylation sites (N-methyl/N-ethyl adjacent to an activating group) is 1. The van der Waals surface area contributed by atoms with Gasteiger partial charge in [0.1, 0.15) is 0 Å². The Morgan fingerprint density at radius 1 is 1.53 bits per heavy atom. The average Bonchev–Trinajstić information content (AvgIpc) is 2.60. The lowest BCUT2D eigenvalue weighted by atomic mass is 10.1. The lowest BCUT2D eigenvalue weighted by Gasteiger charge is -1.98. The summed E-state index contributed by atoms with van der Waals surface area (Å²) in [5.74, 6) is 0.0611. The Morgan fingerprint density at radius 2 is 2.33 bits per heavy atom. The van der Waals surface area contributed by atoms with Crippen LogP contribution in [-0.2, 0) is 0 Å². The number of benzene rings is 1. The van der Waals surface area contributed by atoms with E-state index in [2.05, 4.69) is 10.3 Å². The van der Waals surface area contributed by atoms with Crippen LogP contribution >= 0.6 is 11.6 Å². The summed E-state index contributed by atoms with van der Waals surface area (Å²) in [6.07, 6.45) is 1.72. The van der Waals surface area contributed by atoms with Gasteiger partial charge in [-0.2, -0.15) is 0 Å². The zero-order valence-electron chi connectivity index (χ0n) is 8.30. The zero-order valence-corrected chi connectivity index (χ0v) is 9.06. The first-order valence-electron chi connectivity index (χ1n) is 4.67. The monoisotopic (exact) mass is 222 g/mol. The number of hydrogen-bond acceptors (Lipinski definition) is 2. The molecule has 0 amide bonds. The summed E-state index contributed by atoms with van der Waals surface area (Å²) in [5.41, 5.74) is 1.61. The van der Waals surface area contributed by atoms with E-state index in [0.717, 1.165) is 10.9 Å². The predicted octanol–water partition coefficient (Wildman–Crippen LogP) is 2.22. The molecule has 3 nitrogen and oxygen atoms in total. The number of carbonyl (C=O) groups excluding carboxylic acids is 1. The normalized spacial score (nSPS) is 10.8. The summed E-state index contributed by atoms with van der Waals surface area (Å²) in [6.45, 7) is 0.333. The van der Waals surface area contributed by atoms with E-state index in [4.69, 9.17) is 11.6 Å². The molecule has 0 atom stereocenters. The minimum absolute atomic E-state index is 0.0611. The number of carbonyl (C=O) groups is 1. The number of aromatic nitrogens is 1. The van der Waals surface area contributed by atoms with E-state index in [-0.39, 0.29) is 5.78 Å². The van der Waals surface area contributed by atoms with E-state index < -0.39 is 0 Å². The summed E-state index contributed by atoms with van der Waals surface area (Å²) in [7, 11) is 1.75. The molecule has 0 fully saturated rings. The fraction of sp³-hybridized carbons (Fsp3) is 0.182. The summed E-state index contributed by atoms with van der Waals surface area (Å²) in [6, 6.07) is 5.47. The highest BCUT2D eigenvalue weighted by Gasteiger charge is 2.10. The molecular weight excluding hydrogens is 212 g/mol. The molecule has 2 rings (SSSR count). The van der Waals surface area contributed by atoms with Gasteiger partial charge in [-0.1, -0.05) is 11.6 Å². The quantitative estimate of drug-likeness (QED) is 0.783. The van der Waals surface area contributed by atoms with E-state index in [1.165, 1.54) is 0 Å². The van der Waals surface area contributed by atoms with Crippen molar-refractivity contribution < 1.29 is 4.79 Å². The summed E-state index contributed by atoms with van der Waals surface area (Å²) in [5, 5.41) is 4.36. The first-order chi connectivity index (χ1) is 7.22. The van der Waals surface area contributed by atoms with Crippen LogP contribution in [0, 0.1) is 0 Å². The number of H-pyrrole nitrogens is 1. The number of Topliss-reactive ketones (excluding diaryl/α,β-unsaturated/α-hetero) is 1. The molecule has 2 aromatic rings. The molecular formula is C11H11ClN2O. The van der Waals surface area contributed by atoms with Crippen molar-refractivity contribution in [3.63, 3.8) is 0 Å². The van der Waals surface area contributed by atoms with Gasteiger partial charge in [0.2, 0.25) is 0 Å². The topological polar surface area (TPSA) is 44.9 Å². The van der Waals surface area contributed by atoms with Crippen LogP contribution in [0.1, 0.15) is 10.4 Å². The van der Waals surface area contributed by atoms with Crippen molar-refractivity contribution in [2.45, 2.75) is 0 Å². The number of halogens is 1. The maximum atomic E-state index is 11.7. The van der Waals surface area contributed by atoms with Crippen molar-refractivity contribution in [1.29, 1.82) is 0 Å². The molecule has 0 radical (unpaired) electrons. The number of hydrogen-bond donors (Lipinski definition) is 2. The largest absolute Gasteiger partial charge is 0.360 e. The molecule has 0 saturated heterocycles. The molecule has 0 spiro atoms. The van der Waals surface area contributed by atoms with E-state index in [0.29, 0.717) is 17.1 Å². The Hall–Kier alpha value is -1.32. The molecule has 0 aliphatic rings. The molecule has 2 N–H and O–H groups in total. The Kier molecular flexibility index (Phi) is 2.75. The minimum Gasteiger partial charge on any atom is -0.360 e. The van der Waals surface area contributed by atoms with Crippen molar-refractivity contribution >= 4 is 28.3 Å². The predicted molar refractivity (Wildman–Crippen MR) is 61.6 cm³/mol. The van der Waals surface area contributed by atoms with Crippen LogP contribution < -0.4 is 5.32 Å². The fourth-order valence-electron chi connectivity index (χ4n) is 1.58. The second-order valence-corrected chi connectivity index (χ2v) is 3.78. The molecule has 0 unspecified atom stereocenters. The second-order valence-electron chi connectivity index (χ2n) is 3.35. The number of fused-ring (bicyclic) bond motifs is 1. The number of ketones is 1. The van der Waals surface area contributed by atoms with Crippen LogP contribution in [0.25, 0.3) is 10.9 Å². The third-order valence-electron chi connectivity index (χ3n) is 2.28. The lowest BCUT2D eigenvalue weighted by molar-refractivity contribution is 0.0995. The van der Waals surface area contributed by atoms with Crippen molar-refractivity contribution in [2.24, 2.45) is 0 Å². The number of rotatable bonds is 3. The van der Waals surface area contributed by atoms with Crippen LogP contribution in [0.5, 0.6) is 0 Å². The van der Waals surface area contributed by atoms with Crippen molar-refractivity contribution in [3.8, 4) is 0 Å². The SMILES string of the molecule is CNCC(=O)c1c[nH]c2ccc(Cl)cc12. The highest BCUT2D eigenvalue weighted by Crippen LogP contribution is 2.22. The Balaban J connectivity index is 2.52. The van der Waals surface area contributed by atoms with E-state index >= 15 is 0 Å². The molecule has 1 aromatic heterocycles. The first-order valence-corrected chi connectivity index (χ1v) is 5.04. The van der Waals surface area contributed by atoms with Crippen molar-refractivity contribution in [1.82, 2.24) is 10.3 Å². The van der Waals surface area contributed by atoms with E-state index in [1.54, 1.807) is 25.4 Å². The molecule has 1 heterocycles. The van der Waals surface area contributed by atoms with Gasteiger partial charge in [0.15, 0.2) is 5.78 Å². The van der Waals surface area contributed by atoms with Crippen molar-refractivity contribution in [2.75, 3.05) is 13.6 Å². The first kappa shape index (κ1) is 10.2. The second kappa shape index (κ2) is 4.04. The molecule has 1 aromatic carbocycles. The fourth-order valence-corrected chi connectivity index (χ4v) is 1.75. The summed E-state index contributed by atoms with van der Waals surface area (Å²) >= 11 is 5.89. The van der Waals surface area contributed by atoms with Crippen molar-refractivity contribution in [3.05, 3.63) is 35.0 Å². The van der Waals surface area contributed by atoms with E-state index in [9.17, 15) is 4.79 Å². The van der Waals surface area contributed by atoms with Gasteiger partial charge in [-0.05, 0) is 25.2 Å². The highest BCUT2D eigenvalue weighted by molar-refractivity contribution is 6.31. The summed E-state index contributed by atoms with van der Waals surface area (Å²) in [4.78, 5) is 14.8. The standard InChI is InChI=1S/C11H11ClN2O/c1-13-6-11(15)9-5-14-10-3-2-7(12)4-8(9)10/h2-5,13-14H,6H2,1H3. The third kappa shape index (κ3) is 1.89. The van der Waals surface area contributed by atoms with Crippen LogP contribution in [0.15, 0.2) is 24.4 Å². The number of nitrogens with one attached hydrogen (secondary N) is 2. The highest BCUT2D eigenvalue weighted by atomic mass is 35.5. The minimum atomic E-state index is 0.0611. The zero-order chi connectivity index (χ0) is 10.8. The molecule has 15 heavy (non-hydrogen) atoms. The number of aromatic amines is 1. The lowest BCUT2D eigenvalue weighted by Crippen LogP contribution is -2.18. The van der Waals surface area contributed by atoms with Gasteiger partial charge in [0, 0.05) is 27.7 Å². The van der Waals surface area contributed by atoms with Gasteiger partial charge in [0.05, 0.1) is 6.54 Å². The molecule has 4 heteroatoms. The van der Waals surface area contributed by atoms with E-state index in [1.807, 2.05) is 6.07 Å². The van der Waals surface area contributed by atoms with Gasteiger partial charge in [-0.15, -0.1) is 0 Å². The molecule has 0 saturated carbocycles. The molecule has 78 valence electrons. The maximum Gasteiger partial charge on any atom is 0.178 e. The molecule has 0 aliphatic carbocycles. The van der Waals surface area contributed by atoms with Crippen LogP contribution in [0.3, 0.4) is 0 Å². The maximum absolute atomic E-state index is 11.7. The van der Waals surface area contributed by atoms with Gasteiger partial charge >= 0.3 is 0 Å². The Bertz CT molecular complexity index is 504. The van der Waals surface area contributed by atoms with Gasteiger partial charge < -0.3 is 10.3 Å². The Labute approximate surface area is 92.4 Å². The summed E-state index contributed by atoms with van der Waals surface area (Å²) < 4.78 is 0. The van der Waals surface area contributed by atoms with Crippen LogP contribution in [0.2, 0.25) is 5.02 Å². The van der Waals surface area contributed by atoms with Gasteiger partial charge in [-0.3, -0.25) is 4.79 Å². The molecule has 0 aliphatic heterocycles. The molecule has 0 bridgehead atoms. The third-order valence-corrected chi connectivity index (χ3v) is 2.52. The van der Waals surface area contributed by atoms with Crippen LogP contribution in [-0.4, -0.2) is 24.4 Å². The van der Waals surface area contributed by atoms with Gasteiger partial charge in [0.25, 0.3) is 0 Å². The average molecular weight is 223 g/mol. The smallest absolute Gasteiger partial charge is 0.178 e.